The van der Waals surface area contributed by atoms with Gasteiger partial charge in [-0.15, -0.1) is 0 Å². The lowest BCUT2D eigenvalue weighted by atomic mass is 9.85. The van der Waals surface area contributed by atoms with Crippen LogP contribution in [0.3, 0.4) is 0 Å². The van der Waals surface area contributed by atoms with Crippen LogP contribution in [-0.2, 0) is 9.59 Å². The minimum Gasteiger partial charge on any atom is -0.423 e. The van der Waals surface area contributed by atoms with Crippen LogP contribution < -0.4 is 9.64 Å². The zero-order valence-electron chi connectivity index (χ0n) is 14.3. The van der Waals surface area contributed by atoms with Crippen molar-refractivity contribution in [3.63, 3.8) is 0 Å². The number of halogens is 1. The molecule has 0 unspecified atom stereocenters. The van der Waals surface area contributed by atoms with Crippen LogP contribution in [0.4, 0.5) is 5.69 Å². The van der Waals surface area contributed by atoms with Gasteiger partial charge in [-0.1, -0.05) is 34.1 Å². The van der Waals surface area contributed by atoms with Crippen molar-refractivity contribution in [1.82, 2.24) is 0 Å². The van der Waals surface area contributed by atoms with E-state index in [2.05, 4.69) is 15.9 Å². The summed E-state index contributed by atoms with van der Waals surface area (Å²) in [5, 5.41) is 0. The Morgan fingerprint density at radius 1 is 0.963 bits per heavy atom. The quantitative estimate of drug-likeness (QED) is 0.321. The Hall–Kier alpha value is -2.73. The fraction of sp³-hybridized carbons (Fsp3) is 0.190. The summed E-state index contributed by atoms with van der Waals surface area (Å²) in [5.74, 6) is -1.14. The van der Waals surface area contributed by atoms with E-state index < -0.39 is 5.97 Å². The lowest BCUT2D eigenvalue weighted by Gasteiger charge is -2.15. The molecule has 2 aromatic carbocycles. The topological polar surface area (TPSA) is 63.7 Å². The molecule has 27 heavy (non-hydrogen) atoms. The van der Waals surface area contributed by atoms with Crippen molar-refractivity contribution in [2.75, 3.05) is 4.90 Å². The van der Waals surface area contributed by atoms with E-state index in [1.54, 1.807) is 42.5 Å². The molecule has 1 aliphatic heterocycles. The number of carbonyl (C=O) groups is 3. The Balaban J connectivity index is 1.57. The maximum atomic E-state index is 12.7. The van der Waals surface area contributed by atoms with Crippen LogP contribution in [-0.4, -0.2) is 17.8 Å². The molecule has 0 spiro atoms. The standard InChI is InChI=1S/C21H16BrNO4/c22-14-8-10-16(11-9-14)27-21(26)13-4-3-5-15(12-13)23-19(24)17-6-1-2-7-18(17)20(23)25/h1-5,8-12,17-18H,6-7H2/t17-,18-/m1/s1. The Kier molecular flexibility index (Phi) is 4.66. The summed E-state index contributed by atoms with van der Waals surface area (Å²) < 4.78 is 6.24. The molecule has 1 aliphatic carbocycles. The predicted octanol–water partition coefficient (Wildman–Crippen LogP) is 4.12. The third kappa shape index (κ3) is 3.32. The summed E-state index contributed by atoms with van der Waals surface area (Å²) in [6.07, 6.45) is 5.05. The highest BCUT2D eigenvalue weighted by Gasteiger charge is 2.47. The molecule has 0 saturated carbocycles. The summed E-state index contributed by atoms with van der Waals surface area (Å²) in [4.78, 5) is 39.1. The number of hydrogen-bond acceptors (Lipinski definition) is 4. The number of fused-ring (bicyclic) bond motifs is 1. The summed E-state index contributed by atoms with van der Waals surface area (Å²) in [6, 6.07) is 13.3. The van der Waals surface area contributed by atoms with Crippen molar-refractivity contribution in [2.45, 2.75) is 12.8 Å². The summed E-state index contributed by atoms with van der Waals surface area (Å²) in [5.41, 5.74) is 0.689. The molecule has 1 fully saturated rings. The fourth-order valence-electron chi connectivity index (χ4n) is 3.50. The number of esters is 1. The van der Waals surface area contributed by atoms with E-state index in [0.29, 0.717) is 24.3 Å². The van der Waals surface area contributed by atoms with Crippen LogP contribution in [0.2, 0.25) is 0 Å². The Morgan fingerprint density at radius 2 is 1.59 bits per heavy atom. The monoisotopic (exact) mass is 425 g/mol. The average Bonchev–Trinajstić information content (AvgIpc) is 2.95. The normalized spacial score (nSPS) is 21.3. The molecule has 0 N–H and O–H groups in total. The van der Waals surface area contributed by atoms with Crippen molar-refractivity contribution in [1.29, 1.82) is 0 Å². The highest BCUT2D eigenvalue weighted by molar-refractivity contribution is 9.10. The van der Waals surface area contributed by atoms with E-state index in [4.69, 9.17) is 4.74 Å². The molecule has 0 bridgehead atoms. The Morgan fingerprint density at radius 3 is 2.22 bits per heavy atom. The highest BCUT2D eigenvalue weighted by atomic mass is 79.9. The second-order valence-electron chi connectivity index (χ2n) is 6.56. The lowest BCUT2D eigenvalue weighted by molar-refractivity contribution is -0.122. The van der Waals surface area contributed by atoms with Crippen molar-refractivity contribution < 1.29 is 19.1 Å². The molecule has 5 nitrogen and oxygen atoms in total. The van der Waals surface area contributed by atoms with Crippen molar-refractivity contribution in [3.05, 3.63) is 70.7 Å². The van der Waals surface area contributed by atoms with Gasteiger partial charge in [-0.2, -0.15) is 0 Å². The number of hydrogen-bond donors (Lipinski definition) is 0. The SMILES string of the molecule is O=C(Oc1ccc(Br)cc1)c1cccc(N2C(=O)[C@@H]3CC=CC[C@H]3C2=O)c1. The molecule has 2 aromatic rings. The maximum Gasteiger partial charge on any atom is 0.343 e. The van der Waals surface area contributed by atoms with Gasteiger partial charge in [0.05, 0.1) is 23.1 Å². The number of benzene rings is 2. The first-order valence-electron chi connectivity index (χ1n) is 8.65. The smallest absolute Gasteiger partial charge is 0.343 e. The molecule has 2 atom stereocenters. The number of carbonyl (C=O) groups excluding carboxylic acids is 3. The Labute approximate surface area is 164 Å². The zero-order chi connectivity index (χ0) is 19.0. The maximum absolute atomic E-state index is 12.7. The van der Waals surface area contributed by atoms with Crippen LogP contribution in [0.25, 0.3) is 0 Å². The second kappa shape index (κ2) is 7.12. The van der Waals surface area contributed by atoms with Crippen LogP contribution in [0.15, 0.2) is 65.2 Å². The van der Waals surface area contributed by atoms with Crippen LogP contribution in [0.1, 0.15) is 23.2 Å². The van der Waals surface area contributed by atoms with Gasteiger partial charge < -0.3 is 4.74 Å². The molecule has 0 aromatic heterocycles. The molecule has 1 heterocycles. The van der Waals surface area contributed by atoms with Crippen LogP contribution >= 0.6 is 15.9 Å². The first-order valence-corrected chi connectivity index (χ1v) is 9.44. The molecular formula is C21H16BrNO4. The van der Waals surface area contributed by atoms with Gasteiger partial charge in [0.2, 0.25) is 11.8 Å². The van der Waals surface area contributed by atoms with Crippen molar-refractivity contribution >= 4 is 39.4 Å². The number of amides is 2. The largest absolute Gasteiger partial charge is 0.423 e. The molecule has 4 rings (SSSR count). The minimum absolute atomic E-state index is 0.201. The first kappa shape index (κ1) is 17.7. The second-order valence-corrected chi connectivity index (χ2v) is 7.48. The van der Waals surface area contributed by atoms with Gasteiger partial charge in [0.1, 0.15) is 5.75 Å². The zero-order valence-corrected chi connectivity index (χ0v) is 15.9. The van der Waals surface area contributed by atoms with E-state index in [-0.39, 0.29) is 29.2 Å². The van der Waals surface area contributed by atoms with Gasteiger partial charge in [-0.3, -0.25) is 14.5 Å². The van der Waals surface area contributed by atoms with Crippen LogP contribution in [0, 0.1) is 11.8 Å². The first-order chi connectivity index (χ1) is 13.0. The van der Waals surface area contributed by atoms with Crippen molar-refractivity contribution in [2.24, 2.45) is 11.8 Å². The number of ether oxygens (including phenoxy) is 1. The third-order valence-corrected chi connectivity index (χ3v) is 5.40. The number of allylic oxidation sites excluding steroid dienone is 2. The number of nitrogens with zero attached hydrogens (tertiary/aromatic N) is 1. The molecule has 1 saturated heterocycles. The summed E-state index contributed by atoms with van der Waals surface area (Å²) in [6.45, 7) is 0. The van der Waals surface area contributed by atoms with Gasteiger partial charge in [-0.25, -0.2) is 4.79 Å². The van der Waals surface area contributed by atoms with E-state index in [1.165, 1.54) is 11.0 Å². The van der Waals surface area contributed by atoms with E-state index in [1.807, 2.05) is 12.2 Å². The van der Waals surface area contributed by atoms with E-state index in [9.17, 15) is 14.4 Å². The molecular weight excluding hydrogens is 410 g/mol. The Bertz CT molecular complexity index is 925. The average molecular weight is 426 g/mol. The highest BCUT2D eigenvalue weighted by Crippen LogP contribution is 2.37. The third-order valence-electron chi connectivity index (χ3n) is 4.87. The summed E-state index contributed by atoms with van der Waals surface area (Å²) in [7, 11) is 0. The van der Waals surface area contributed by atoms with Crippen LogP contribution in [0.5, 0.6) is 5.75 Å². The number of anilines is 1. The van der Waals surface area contributed by atoms with Gasteiger partial charge in [0.15, 0.2) is 0 Å². The van der Waals surface area contributed by atoms with Gasteiger partial charge >= 0.3 is 5.97 Å². The molecule has 136 valence electrons. The van der Waals surface area contributed by atoms with Gasteiger partial charge in [0.25, 0.3) is 0 Å². The lowest BCUT2D eigenvalue weighted by Crippen LogP contribution is -2.31. The van der Waals surface area contributed by atoms with E-state index in [0.717, 1.165) is 4.47 Å². The fourth-order valence-corrected chi connectivity index (χ4v) is 3.76. The van der Waals surface area contributed by atoms with E-state index >= 15 is 0 Å². The number of rotatable bonds is 3. The predicted molar refractivity (Wildman–Crippen MR) is 103 cm³/mol. The molecule has 2 aliphatic rings. The summed E-state index contributed by atoms with van der Waals surface area (Å²) >= 11 is 3.33. The molecule has 6 heteroatoms. The molecule has 0 radical (unpaired) electrons. The minimum atomic E-state index is -0.544. The van der Waals surface area contributed by atoms with Gasteiger partial charge in [-0.05, 0) is 55.3 Å². The molecule has 2 amide bonds. The number of imide groups is 1. The van der Waals surface area contributed by atoms with Crippen molar-refractivity contribution in [3.8, 4) is 5.75 Å². The van der Waals surface area contributed by atoms with Gasteiger partial charge in [0, 0.05) is 4.47 Å².